The average Bonchev–Trinajstić information content (AvgIpc) is 3.11. The maximum Gasteiger partial charge on any atom is 0.230 e. The number of piperidine rings is 1. The van der Waals surface area contributed by atoms with Gasteiger partial charge in [-0.2, -0.15) is 0 Å². The number of nitrogens with zero attached hydrogens (tertiary/aromatic N) is 4. The largest absolute Gasteiger partial charge is 0.497 e. The van der Waals surface area contributed by atoms with E-state index in [1.165, 1.54) is 6.07 Å². The summed E-state index contributed by atoms with van der Waals surface area (Å²) in [6.07, 6.45) is 2.54. The topological polar surface area (TPSA) is 58.6 Å². The average molecular weight is 398 g/mol. The van der Waals surface area contributed by atoms with Gasteiger partial charge in [-0.1, -0.05) is 0 Å². The van der Waals surface area contributed by atoms with Crippen LogP contribution in [0, 0.1) is 25.1 Å². The first-order valence-electron chi connectivity index (χ1n) is 10.1. The van der Waals surface area contributed by atoms with Crippen molar-refractivity contribution in [3.05, 3.63) is 47.0 Å². The molecule has 1 unspecified atom stereocenters. The molecule has 3 heterocycles. The molecule has 0 saturated carbocycles. The van der Waals surface area contributed by atoms with E-state index in [0.717, 1.165) is 37.2 Å². The monoisotopic (exact) mass is 398 g/mol. The standard InChI is InChI=1S/C22H27FN4O2/c1-15-11-16(2)25-21(24-15)27-10-8-22(14-27)7-4-9-26(20(22)28)13-17-12-18(29-3)5-6-19(17)23/h5-6,11-12H,4,7-10,13-14H2,1-3H3. The minimum Gasteiger partial charge on any atom is -0.497 e. The fraction of sp³-hybridized carbons (Fsp3) is 0.500. The van der Waals surface area contributed by atoms with Gasteiger partial charge in [-0.05, 0) is 57.4 Å². The lowest BCUT2D eigenvalue weighted by atomic mass is 9.78. The lowest BCUT2D eigenvalue weighted by Gasteiger charge is -2.39. The van der Waals surface area contributed by atoms with Gasteiger partial charge in [0.25, 0.3) is 0 Å². The van der Waals surface area contributed by atoms with Crippen LogP contribution in [-0.2, 0) is 11.3 Å². The number of aryl methyl sites for hydroxylation is 2. The number of benzene rings is 1. The normalized spacial score (nSPS) is 21.9. The summed E-state index contributed by atoms with van der Waals surface area (Å²) in [6, 6.07) is 6.61. The lowest BCUT2D eigenvalue weighted by molar-refractivity contribution is -0.145. The number of carbonyl (C=O) groups excluding carboxylic acids is 1. The van der Waals surface area contributed by atoms with E-state index < -0.39 is 5.41 Å². The van der Waals surface area contributed by atoms with Crippen LogP contribution in [0.15, 0.2) is 24.3 Å². The van der Waals surface area contributed by atoms with Crippen molar-refractivity contribution in [1.29, 1.82) is 0 Å². The van der Waals surface area contributed by atoms with E-state index in [1.54, 1.807) is 24.1 Å². The Morgan fingerprint density at radius 3 is 2.62 bits per heavy atom. The van der Waals surface area contributed by atoms with E-state index in [-0.39, 0.29) is 18.3 Å². The van der Waals surface area contributed by atoms with Crippen LogP contribution in [0.3, 0.4) is 0 Å². The van der Waals surface area contributed by atoms with Gasteiger partial charge in [-0.25, -0.2) is 14.4 Å². The zero-order valence-corrected chi connectivity index (χ0v) is 17.2. The second-order valence-corrected chi connectivity index (χ2v) is 8.19. The van der Waals surface area contributed by atoms with Crippen LogP contribution < -0.4 is 9.64 Å². The molecule has 2 saturated heterocycles. The van der Waals surface area contributed by atoms with E-state index in [2.05, 4.69) is 14.9 Å². The van der Waals surface area contributed by atoms with E-state index in [1.807, 2.05) is 19.9 Å². The van der Waals surface area contributed by atoms with Gasteiger partial charge in [0.15, 0.2) is 0 Å². The number of methoxy groups -OCH3 is 1. The molecule has 0 N–H and O–H groups in total. The maximum absolute atomic E-state index is 14.3. The predicted octanol–water partition coefficient (Wildman–Crippen LogP) is 3.26. The quantitative estimate of drug-likeness (QED) is 0.791. The number of hydrogen-bond donors (Lipinski definition) is 0. The van der Waals surface area contributed by atoms with E-state index >= 15 is 0 Å². The molecule has 1 atom stereocenters. The molecule has 2 fully saturated rings. The summed E-state index contributed by atoms with van der Waals surface area (Å²) in [5, 5.41) is 0. The van der Waals surface area contributed by atoms with Gasteiger partial charge in [0.1, 0.15) is 11.6 Å². The second-order valence-electron chi connectivity index (χ2n) is 8.19. The summed E-state index contributed by atoms with van der Waals surface area (Å²) in [7, 11) is 1.56. The summed E-state index contributed by atoms with van der Waals surface area (Å²) in [5.74, 6) is 1.09. The Labute approximate surface area is 170 Å². The number of anilines is 1. The van der Waals surface area contributed by atoms with Crippen molar-refractivity contribution in [1.82, 2.24) is 14.9 Å². The van der Waals surface area contributed by atoms with Crippen molar-refractivity contribution in [3.63, 3.8) is 0 Å². The minimum absolute atomic E-state index is 0.109. The van der Waals surface area contributed by atoms with Crippen molar-refractivity contribution < 1.29 is 13.9 Å². The molecular formula is C22H27FN4O2. The lowest BCUT2D eigenvalue weighted by Crippen LogP contribution is -2.49. The van der Waals surface area contributed by atoms with Gasteiger partial charge >= 0.3 is 0 Å². The number of amides is 1. The predicted molar refractivity (Wildman–Crippen MR) is 108 cm³/mol. The maximum atomic E-state index is 14.3. The van der Waals surface area contributed by atoms with Crippen LogP contribution in [-0.4, -0.2) is 47.5 Å². The molecule has 29 heavy (non-hydrogen) atoms. The minimum atomic E-state index is -0.436. The third-order valence-electron chi connectivity index (χ3n) is 6.05. The molecule has 6 nitrogen and oxygen atoms in total. The first-order chi connectivity index (χ1) is 13.9. The SMILES string of the molecule is COc1ccc(F)c(CN2CCCC3(CCN(c4nc(C)cc(C)n4)C3)C2=O)c1. The van der Waals surface area contributed by atoms with Crippen molar-refractivity contribution in [3.8, 4) is 5.75 Å². The number of carbonyl (C=O) groups is 1. The van der Waals surface area contributed by atoms with Crippen molar-refractivity contribution in [2.24, 2.45) is 5.41 Å². The molecule has 0 aliphatic carbocycles. The van der Waals surface area contributed by atoms with Gasteiger partial charge in [-0.15, -0.1) is 0 Å². The van der Waals surface area contributed by atoms with Crippen LogP contribution >= 0.6 is 0 Å². The Morgan fingerprint density at radius 1 is 1.14 bits per heavy atom. The fourth-order valence-electron chi connectivity index (χ4n) is 4.58. The van der Waals surface area contributed by atoms with Gasteiger partial charge in [0.2, 0.25) is 11.9 Å². The highest BCUT2D eigenvalue weighted by Crippen LogP contribution is 2.41. The smallest absolute Gasteiger partial charge is 0.230 e. The summed E-state index contributed by atoms with van der Waals surface area (Å²) in [5.41, 5.74) is 1.91. The highest BCUT2D eigenvalue weighted by molar-refractivity contribution is 5.85. The zero-order valence-electron chi connectivity index (χ0n) is 17.2. The molecular weight excluding hydrogens is 371 g/mol. The van der Waals surface area contributed by atoms with Crippen LogP contribution in [0.4, 0.5) is 10.3 Å². The van der Waals surface area contributed by atoms with E-state index in [9.17, 15) is 9.18 Å². The van der Waals surface area contributed by atoms with Gasteiger partial charge < -0.3 is 14.5 Å². The Morgan fingerprint density at radius 2 is 1.90 bits per heavy atom. The van der Waals surface area contributed by atoms with Crippen LogP contribution in [0.5, 0.6) is 5.75 Å². The Bertz CT molecular complexity index is 915. The molecule has 1 spiro atoms. The number of rotatable bonds is 4. The number of ether oxygens (including phenoxy) is 1. The van der Waals surface area contributed by atoms with Crippen LogP contribution in [0.2, 0.25) is 0 Å². The van der Waals surface area contributed by atoms with Crippen molar-refractivity contribution >= 4 is 11.9 Å². The number of hydrogen-bond acceptors (Lipinski definition) is 5. The molecule has 4 rings (SSSR count). The van der Waals surface area contributed by atoms with Gasteiger partial charge in [-0.3, -0.25) is 4.79 Å². The summed E-state index contributed by atoms with van der Waals surface area (Å²) in [4.78, 5) is 26.5. The third kappa shape index (κ3) is 3.78. The zero-order chi connectivity index (χ0) is 20.6. The van der Waals surface area contributed by atoms with Gasteiger partial charge in [0.05, 0.1) is 12.5 Å². The molecule has 154 valence electrons. The molecule has 2 aromatic rings. The molecule has 7 heteroatoms. The number of halogens is 1. The molecule has 1 aromatic carbocycles. The Hall–Kier alpha value is -2.70. The molecule has 1 amide bonds. The Kier molecular flexibility index (Phi) is 5.15. The highest BCUT2D eigenvalue weighted by Gasteiger charge is 2.49. The summed E-state index contributed by atoms with van der Waals surface area (Å²) in [6.45, 7) is 6.21. The second kappa shape index (κ2) is 7.61. The van der Waals surface area contributed by atoms with Gasteiger partial charge in [0, 0.05) is 43.1 Å². The van der Waals surface area contributed by atoms with E-state index in [0.29, 0.717) is 30.4 Å². The van der Waals surface area contributed by atoms with Crippen molar-refractivity contribution in [2.45, 2.75) is 39.7 Å². The molecule has 2 aliphatic heterocycles. The summed E-state index contributed by atoms with van der Waals surface area (Å²) >= 11 is 0. The first kappa shape index (κ1) is 19.6. The molecule has 1 aromatic heterocycles. The Balaban J connectivity index is 1.53. The summed E-state index contributed by atoms with van der Waals surface area (Å²) < 4.78 is 19.5. The molecule has 2 aliphatic rings. The third-order valence-corrected chi connectivity index (χ3v) is 6.05. The molecule has 0 radical (unpaired) electrons. The fourth-order valence-corrected chi connectivity index (χ4v) is 4.58. The first-order valence-corrected chi connectivity index (χ1v) is 10.1. The van der Waals surface area contributed by atoms with Crippen LogP contribution in [0.1, 0.15) is 36.2 Å². The highest BCUT2D eigenvalue weighted by atomic mass is 19.1. The molecule has 0 bridgehead atoms. The number of aromatic nitrogens is 2. The number of likely N-dealkylation sites (tertiary alicyclic amines) is 1. The van der Waals surface area contributed by atoms with E-state index in [4.69, 9.17) is 4.74 Å². The van der Waals surface area contributed by atoms with Crippen LogP contribution in [0.25, 0.3) is 0 Å². The van der Waals surface area contributed by atoms with Crippen molar-refractivity contribution in [2.75, 3.05) is 31.6 Å².